The van der Waals surface area contributed by atoms with Crippen LogP contribution in [0.2, 0.25) is 18.1 Å². The van der Waals surface area contributed by atoms with E-state index in [-0.39, 0.29) is 5.04 Å². The summed E-state index contributed by atoms with van der Waals surface area (Å²) in [4.78, 5) is 0. The van der Waals surface area contributed by atoms with Gasteiger partial charge < -0.3 is 19.2 Å². The molecule has 0 saturated carbocycles. The fourth-order valence-electron chi connectivity index (χ4n) is 2.05. The van der Waals surface area contributed by atoms with E-state index in [0.29, 0.717) is 23.6 Å². The molecule has 0 spiro atoms. The smallest absolute Gasteiger partial charge is 0.488 e. The standard InChI is InChI=1S/C19H27BO4Si/c1-19(2,3)25(4,5)24-18-13-16(20(21)22)11-12-17(18)23-14-15-9-7-6-8-10-15/h6-13,21-22H,14H2,1-5H3. The lowest BCUT2D eigenvalue weighted by atomic mass is 9.80. The maximum Gasteiger partial charge on any atom is 0.488 e. The van der Waals surface area contributed by atoms with Crippen molar-refractivity contribution < 1.29 is 19.2 Å². The Labute approximate surface area is 151 Å². The summed E-state index contributed by atoms with van der Waals surface area (Å²) in [6, 6.07) is 14.9. The average Bonchev–Trinajstić information content (AvgIpc) is 2.53. The van der Waals surface area contributed by atoms with Crippen LogP contribution in [0.3, 0.4) is 0 Å². The molecule has 2 N–H and O–H groups in total. The highest BCUT2D eigenvalue weighted by Crippen LogP contribution is 2.39. The Morgan fingerprint density at radius 3 is 2.16 bits per heavy atom. The fraction of sp³-hybridized carbons (Fsp3) is 0.368. The van der Waals surface area contributed by atoms with E-state index in [9.17, 15) is 10.0 Å². The van der Waals surface area contributed by atoms with Gasteiger partial charge in [0.25, 0.3) is 8.32 Å². The molecule has 2 rings (SSSR count). The van der Waals surface area contributed by atoms with Gasteiger partial charge in [-0.15, -0.1) is 0 Å². The summed E-state index contributed by atoms with van der Waals surface area (Å²) in [5, 5.41) is 19.0. The molecule has 6 heteroatoms. The molecule has 0 aliphatic carbocycles. The summed E-state index contributed by atoms with van der Waals surface area (Å²) in [6.45, 7) is 11.2. The monoisotopic (exact) mass is 358 g/mol. The van der Waals surface area contributed by atoms with E-state index < -0.39 is 15.4 Å². The molecular weight excluding hydrogens is 331 g/mol. The van der Waals surface area contributed by atoms with Crippen molar-refractivity contribution in [3.8, 4) is 11.5 Å². The Balaban J connectivity index is 2.29. The fourth-order valence-corrected chi connectivity index (χ4v) is 3.06. The van der Waals surface area contributed by atoms with Gasteiger partial charge in [0.05, 0.1) is 0 Å². The normalized spacial score (nSPS) is 12.0. The summed E-state index contributed by atoms with van der Waals surface area (Å²) < 4.78 is 12.3. The first-order valence-corrected chi connectivity index (χ1v) is 11.4. The lowest BCUT2D eigenvalue weighted by Crippen LogP contribution is -2.44. The topological polar surface area (TPSA) is 58.9 Å². The Morgan fingerprint density at radius 1 is 0.960 bits per heavy atom. The van der Waals surface area contributed by atoms with Gasteiger partial charge in [0, 0.05) is 0 Å². The highest BCUT2D eigenvalue weighted by Gasteiger charge is 2.39. The molecule has 2 aromatic rings. The molecule has 0 bridgehead atoms. The van der Waals surface area contributed by atoms with Crippen molar-refractivity contribution in [1.29, 1.82) is 0 Å². The molecule has 25 heavy (non-hydrogen) atoms. The first-order valence-electron chi connectivity index (χ1n) is 8.46. The molecule has 2 aromatic carbocycles. The molecule has 4 nitrogen and oxygen atoms in total. The predicted octanol–water partition coefficient (Wildman–Crippen LogP) is 3.33. The SMILES string of the molecule is CC(C)(C)[Si](C)(C)Oc1cc(B(O)O)ccc1OCc1ccccc1. The van der Waals surface area contributed by atoms with Crippen LogP contribution in [0.25, 0.3) is 0 Å². The van der Waals surface area contributed by atoms with Gasteiger partial charge in [-0.1, -0.05) is 57.2 Å². The number of hydrogen-bond donors (Lipinski definition) is 2. The lowest BCUT2D eigenvalue weighted by molar-refractivity contribution is 0.294. The summed E-state index contributed by atoms with van der Waals surface area (Å²) in [7, 11) is -3.62. The van der Waals surface area contributed by atoms with Crippen LogP contribution in [0.5, 0.6) is 11.5 Å². The summed E-state index contributed by atoms with van der Waals surface area (Å²) >= 11 is 0. The highest BCUT2D eigenvalue weighted by molar-refractivity contribution is 6.74. The minimum Gasteiger partial charge on any atom is -0.541 e. The molecule has 0 fully saturated rings. The molecule has 0 unspecified atom stereocenters. The first kappa shape index (κ1) is 19.6. The number of rotatable bonds is 6. The minimum absolute atomic E-state index is 0.0253. The van der Waals surface area contributed by atoms with Gasteiger partial charge in [-0.05, 0) is 41.3 Å². The summed E-state index contributed by atoms with van der Waals surface area (Å²) in [5.74, 6) is 1.17. The molecule has 0 atom stereocenters. The Hall–Kier alpha value is -1.76. The van der Waals surface area contributed by atoms with E-state index >= 15 is 0 Å². The van der Waals surface area contributed by atoms with Gasteiger partial charge in [0.1, 0.15) is 12.4 Å². The molecule has 0 aliphatic rings. The Bertz CT molecular complexity index is 696. The zero-order valence-electron chi connectivity index (χ0n) is 15.6. The Morgan fingerprint density at radius 2 is 1.60 bits per heavy atom. The second-order valence-corrected chi connectivity index (χ2v) is 12.4. The van der Waals surface area contributed by atoms with Crippen LogP contribution in [-0.2, 0) is 6.61 Å². The molecule has 0 saturated heterocycles. The van der Waals surface area contributed by atoms with Crippen LogP contribution in [0, 0.1) is 0 Å². The quantitative estimate of drug-likeness (QED) is 0.778. The van der Waals surface area contributed by atoms with Crippen LogP contribution < -0.4 is 14.6 Å². The van der Waals surface area contributed by atoms with E-state index in [1.165, 1.54) is 0 Å². The van der Waals surface area contributed by atoms with E-state index in [1.807, 2.05) is 30.3 Å². The summed E-state index contributed by atoms with van der Waals surface area (Å²) in [5.41, 5.74) is 1.45. The maximum absolute atomic E-state index is 9.48. The van der Waals surface area contributed by atoms with Crippen molar-refractivity contribution >= 4 is 20.9 Å². The van der Waals surface area contributed by atoms with Crippen LogP contribution in [0.4, 0.5) is 0 Å². The minimum atomic E-state index is -2.09. The van der Waals surface area contributed by atoms with Gasteiger partial charge in [0.15, 0.2) is 5.75 Å². The van der Waals surface area contributed by atoms with Crippen molar-refractivity contribution in [2.24, 2.45) is 0 Å². The third-order valence-corrected chi connectivity index (χ3v) is 9.02. The van der Waals surface area contributed by atoms with Gasteiger partial charge in [-0.25, -0.2) is 0 Å². The molecule has 134 valence electrons. The Kier molecular flexibility index (Phi) is 5.98. The van der Waals surface area contributed by atoms with Crippen molar-refractivity contribution in [3.63, 3.8) is 0 Å². The molecule has 0 aliphatic heterocycles. The molecule has 0 radical (unpaired) electrons. The number of benzene rings is 2. The average molecular weight is 358 g/mol. The van der Waals surface area contributed by atoms with Crippen LogP contribution in [0.15, 0.2) is 48.5 Å². The first-order chi connectivity index (χ1) is 11.6. The maximum atomic E-state index is 9.48. The van der Waals surface area contributed by atoms with Crippen molar-refractivity contribution in [3.05, 3.63) is 54.1 Å². The van der Waals surface area contributed by atoms with E-state index in [1.54, 1.807) is 18.2 Å². The zero-order chi connectivity index (χ0) is 18.7. The van der Waals surface area contributed by atoms with Crippen molar-refractivity contribution in [2.45, 2.75) is 45.5 Å². The molecule has 0 amide bonds. The van der Waals surface area contributed by atoms with E-state index in [4.69, 9.17) is 9.16 Å². The lowest BCUT2D eigenvalue weighted by Gasteiger charge is -2.37. The van der Waals surface area contributed by atoms with E-state index in [0.717, 1.165) is 5.56 Å². The van der Waals surface area contributed by atoms with E-state index in [2.05, 4.69) is 33.9 Å². The number of ether oxygens (including phenoxy) is 1. The van der Waals surface area contributed by atoms with Crippen LogP contribution in [-0.4, -0.2) is 25.5 Å². The third-order valence-electron chi connectivity index (χ3n) is 4.67. The van der Waals surface area contributed by atoms with Gasteiger partial charge in [0.2, 0.25) is 0 Å². The van der Waals surface area contributed by atoms with Gasteiger partial charge in [-0.2, -0.15) is 0 Å². The van der Waals surface area contributed by atoms with Crippen LogP contribution >= 0.6 is 0 Å². The molecular formula is C19H27BO4Si. The van der Waals surface area contributed by atoms with Gasteiger partial charge >= 0.3 is 7.12 Å². The van der Waals surface area contributed by atoms with Crippen molar-refractivity contribution in [1.82, 2.24) is 0 Å². The van der Waals surface area contributed by atoms with Crippen LogP contribution in [0.1, 0.15) is 26.3 Å². The highest BCUT2D eigenvalue weighted by atomic mass is 28.4. The third kappa shape index (κ3) is 5.11. The van der Waals surface area contributed by atoms with Crippen molar-refractivity contribution in [2.75, 3.05) is 0 Å². The second kappa shape index (κ2) is 7.64. The molecule has 0 heterocycles. The number of hydrogen-bond acceptors (Lipinski definition) is 4. The molecule has 0 aromatic heterocycles. The predicted molar refractivity (Wildman–Crippen MR) is 105 cm³/mol. The second-order valence-electron chi connectivity index (χ2n) is 7.72. The summed E-state index contributed by atoms with van der Waals surface area (Å²) in [6.07, 6.45) is 0. The zero-order valence-corrected chi connectivity index (χ0v) is 16.6. The van der Waals surface area contributed by atoms with Gasteiger partial charge in [-0.3, -0.25) is 0 Å². The largest absolute Gasteiger partial charge is 0.541 e.